The van der Waals surface area contributed by atoms with Crippen molar-refractivity contribution in [1.29, 1.82) is 0 Å². The highest BCUT2D eigenvalue weighted by Crippen LogP contribution is 2.35. The Kier molecular flexibility index (Phi) is 6.81. The molecule has 0 radical (unpaired) electrons. The first-order chi connectivity index (χ1) is 12.2. The number of hydrogen-bond acceptors (Lipinski definition) is 4. The Morgan fingerprint density at radius 2 is 2.00 bits per heavy atom. The van der Waals surface area contributed by atoms with Crippen molar-refractivity contribution in [2.75, 3.05) is 19.8 Å². The molecule has 0 spiro atoms. The number of rotatable bonds is 3. The van der Waals surface area contributed by atoms with E-state index >= 15 is 0 Å². The lowest BCUT2D eigenvalue weighted by atomic mass is 10.1. The largest absolute Gasteiger partial charge is 0.486 e. The van der Waals surface area contributed by atoms with E-state index in [9.17, 15) is 9.59 Å². The second kappa shape index (κ2) is 9.06. The van der Waals surface area contributed by atoms with Gasteiger partial charge in [0, 0.05) is 12.6 Å². The van der Waals surface area contributed by atoms with Gasteiger partial charge in [-0.05, 0) is 48.3 Å². The molecule has 0 bridgehead atoms. The van der Waals surface area contributed by atoms with Crippen LogP contribution in [-0.4, -0.2) is 36.5 Å². The van der Waals surface area contributed by atoms with Crippen LogP contribution in [0.15, 0.2) is 30.4 Å². The highest BCUT2D eigenvalue weighted by atomic mass is 16.6. The number of benzene rings is 1. The van der Waals surface area contributed by atoms with Gasteiger partial charge in [-0.1, -0.05) is 26.8 Å². The second-order valence-electron chi connectivity index (χ2n) is 5.41. The fourth-order valence-electron chi connectivity index (χ4n) is 2.67. The summed E-state index contributed by atoms with van der Waals surface area (Å²) in [5.41, 5.74) is 1.91. The van der Waals surface area contributed by atoms with Crippen molar-refractivity contribution in [2.45, 2.75) is 33.6 Å². The summed E-state index contributed by atoms with van der Waals surface area (Å²) in [7, 11) is 0. The Balaban J connectivity index is 0.00000109. The maximum Gasteiger partial charge on any atom is 0.253 e. The fraction of sp³-hybridized carbons (Fsp3) is 0.400. The minimum Gasteiger partial charge on any atom is -0.486 e. The molecule has 134 valence electrons. The predicted molar refractivity (Wildman–Crippen MR) is 97.7 cm³/mol. The van der Waals surface area contributed by atoms with Crippen molar-refractivity contribution >= 4 is 17.9 Å². The normalized spacial score (nSPS) is 15.8. The van der Waals surface area contributed by atoms with Gasteiger partial charge in [-0.3, -0.25) is 14.5 Å². The van der Waals surface area contributed by atoms with E-state index in [2.05, 4.69) is 0 Å². The SMILES string of the molecule is CC.CCc1cc(/C=C/C(=O)N2CCC=CC2=O)cc2c1OCCO2. The van der Waals surface area contributed by atoms with E-state index in [1.165, 1.54) is 17.1 Å². The van der Waals surface area contributed by atoms with E-state index in [1.807, 2.05) is 32.9 Å². The number of hydrogen-bond donors (Lipinski definition) is 0. The zero-order valence-corrected chi connectivity index (χ0v) is 15.1. The molecule has 0 saturated carbocycles. The third-order valence-electron chi connectivity index (χ3n) is 3.85. The molecule has 5 nitrogen and oxygen atoms in total. The summed E-state index contributed by atoms with van der Waals surface area (Å²) in [6.45, 7) is 7.56. The van der Waals surface area contributed by atoms with Crippen LogP contribution in [-0.2, 0) is 16.0 Å². The number of amides is 2. The molecule has 2 aliphatic heterocycles. The lowest BCUT2D eigenvalue weighted by molar-refractivity contribution is -0.139. The summed E-state index contributed by atoms with van der Waals surface area (Å²) in [4.78, 5) is 25.1. The highest BCUT2D eigenvalue weighted by molar-refractivity contribution is 6.06. The van der Waals surface area contributed by atoms with Crippen LogP contribution in [0.3, 0.4) is 0 Å². The van der Waals surface area contributed by atoms with E-state index in [4.69, 9.17) is 9.47 Å². The van der Waals surface area contributed by atoms with Gasteiger partial charge in [0.1, 0.15) is 13.2 Å². The first-order valence-electron chi connectivity index (χ1n) is 8.81. The lowest BCUT2D eigenvalue weighted by Crippen LogP contribution is -2.37. The van der Waals surface area contributed by atoms with Crippen LogP contribution in [0.25, 0.3) is 6.08 Å². The number of aryl methyl sites for hydroxylation is 1. The van der Waals surface area contributed by atoms with Crippen LogP contribution in [0, 0.1) is 0 Å². The second-order valence-corrected chi connectivity index (χ2v) is 5.41. The summed E-state index contributed by atoms with van der Waals surface area (Å²) in [6, 6.07) is 3.84. The van der Waals surface area contributed by atoms with Gasteiger partial charge in [0.2, 0.25) is 0 Å². The van der Waals surface area contributed by atoms with Crippen LogP contribution in [0.5, 0.6) is 11.5 Å². The van der Waals surface area contributed by atoms with E-state index in [-0.39, 0.29) is 11.8 Å². The summed E-state index contributed by atoms with van der Waals surface area (Å²) in [5.74, 6) is 0.938. The average Bonchev–Trinajstić information content (AvgIpc) is 2.67. The molecule has 5 heteroatoms. The Hall–Kier alpha value is -2.56. The Morgan fingerprint density at radius 1 is 1.24 bits per heavy atom. The molecule has 0 atom stereocenters. The molecule has 0 saturated heterocycles. The van der Waals surface area contributed by atoms with Crippen molar-refractivity contribution in [2.24, 2.45) is 0 Å². The Bertz CT molecular complexity index is 674. The van der Waals surface area contributed by atoms with E-state index < -0.39 is 0 Å². The number of fused-ring (bicyclic) bond motifs is 1. The molecule has 0 aromatic heterocycles. The molecule has 25 heavy (non-hydrogen) atoms. The van der Waals surface area contributed by atoms with Gasteiger partial charge in [-0.25, -0.2) is 0 Å². The number of ether oxygens (including phenoxy) is 2. The lowest BCUT2D eigenvalue weighted by Gasteiger charge is -2.21. The van der Waals surface area contributed by atoms with Gasteiger partial charge in [-0.15, -0.1) is 0 Å². The zero-order valence-electron chi connectivity index (χ0n) is 15.1. The highest BCUT2D eigenvalue weighted by Gasteiger charge is 2.19. The monoisotopic (exact) mass is 343 g/mol. The standard InChI is InChI=1S/C18H19NO4.C2H6/c1-2-14-11-13(12-15-18(14)23-10-9-22-15)6-7-17(21)19-8-4-3-5-16(19)20;1-2/h3,5-7,11-12H,2,4,8-10H2,1H3;1-2H3/b7-6+;. The number of nitrogens with zero attached hydrogens (tertiary/aromatic N) is 1. The molecule has 0 N–H and O–H groups in total. The minimum atomic E-state index is -0.299. The number of imide groups is 1. The molecule has 0 fully saturated rings. The fourth-order valence-corrected chi connectivity index (χ4v) is 2.67. The molecular weight excluding hydrogens is 318 g/mol. The maximum absolute atomic E-state index is 12.2. The van der Waals surface area contributed by atoms with Gasteiger partial charge in [0.25, 0.3) is 11.8 Å². The molecule has 0 aliphatic carbocycles. The quantitative estimate of drug-likeness (QED) is 0.790. The summed E-state index contributed by atoms with van der Waals surface area (Å²) in [6.07, 6.45) is 7.89. The molecule has 2 aliphatic rings. The third-order valence-corrected chi connectivity index (χ3v) is 3.85. The zero-order chi connectivity index (χ0) is 18.2. The molecular formula is C20H25NO4. The number of carbonyl (C=O) groups is 2. The van der Waals surface area contributed by atoms with Crippen LogP contribution >= 0.6 is 0 Å². The van der Waals surface area contributed by atoms with E-state index in [1.54, 1.807) is 12.2 Å². The summed E-state index contributed by atoms with van der Waals surface area (Å²) >= 11 is 0. The molecule has 2 amide bonds. The predicted octanol–water partition coefficient (Wildman–Crippen LogP) is 3.37. The maximum atomic E-state index is 12.2. The first kappa shape index (κ1) is 18.8. The van der Waals surface area contributed by atoms with Gasteiger partial charge < -0.3 is 9.47 Å². The third kappa shape index (κ3) is 4.50. The van der Waals surface area contributed by atoms with Crippen molar-refractivity contribution in [3.05, 3.63) is 41.5 Å². The van der Waals surface area contributed by atoms with Gasteiger partial charge in [-0.2, -0.15) is 0 Å². The van der Waals surface area contributed by atoms with Crippen molar-refractivity contribution in [3.8, 4) is 11.5 Å². The smallest absolute Gasteiger partial charge is 0.253 e. The molecule has 1 aromatic carbocycles. The Morgan fingerprint density at radius 3 is 2.72 bits per heavy atom. The van der Waals surface area contributed by atoms with E-state index in [0.29, 0.717) is 31.9 Å². The van der Waals surface area contributed by atoms with Crippen molar-refractivity contribution in [3.63, 3.8) is 0 Å². The minimum absolute atomic E-state index is 0.262. The molecule has 1 aromatic rings. The summed E-state index contributed by atoms with van der Waals surface area (Å²) in [5, 5.41) is 0. The van der Waals surface area contributed by atoms with Gasteiger partial charge in [0.05, 0.1) is 0 Å². The number of carbonyl (C=O) groups excluding carboxylic acids is 2. The van der Waals surface area contributed by atoms with Crippen LogP contribution in [0.2, 0.25) is 0 Å². The van der Waals surface area contributed by atoms with Crippen LogP contribution in [0.1, 0.15) is 38.3 Å². The summed E-state index contributed by atoms with van der Waals surface area (Å²) < 4.78 is 11.3. The first-order valence-corrected chi connectivity index (χ1v) is 8.81. The van der Waals surface area contributed by atoms with Crippen LogP contribution < -0.4 is 9.47 Å². The average molecular weight is 343 g/mol. The topological polar surface area (TPSA) is 55.8 Å². The van der Waals surface area contributed by atoms with Crippen LogP contribution in [0.4, 0.5) is 0 Å². The van der Waals surface area contributed by atoms with E-state index in [0.717, 1.165) is 23.3 Å². The molecule has 2 heterocycles. The molecule has 3 rings (SSSR count). The van der Waals surface area contributed by atoms with Crippen molar-refractivity contribution < 1.29 is 19.1 Å². The van der Waals surface area contributed by atoms with Crippen molar-refractivity contribution in [1.82, 2.24) is 4.90 Å². The Labute approximate surface area is 148 Å². The van der Waals surface area contributed by atoms with Gasteiger partial charge in [0.15, 0.2) is 11.5 Å². The van der Waals surface area contributed by atoms with Gasteiger partial charge >= 0.3 is 0 Å². The molecule has 0 unspecified atom stereocenters.